The minimum absolute atomic E-state index is 0.0546. The van der Waals surface area contributed by atoms with Crippen LogP contribution in [-0.2, 0) is 21.6 Å². The third kappa shape index (κ3) is 4.76. The molecule has 0 spiro atoms. The summed E-state index contributed by atoms with van der Waals surface area (Å²) in [6, 6.07) is 6.47. The Balaban J connectivity index is 2.50. The molecule has 1 N–H and O–H groups in total. The average molecular weight is 420 g/mol. The fourth-order valence-electron chi connectivity index (χ4n) is 2.82. The summed E-state index contributed by atoms with van der Waals surface area (Å²) in [5.74, 6) is 0. The summed E-state index contributed by atoms with van der Waals surface area (Å²) in [6.07, 6.45) is -4.68. The first-order valence-electron chi connectivity index (χ1n) is 8.14. The number of nitrogens with one attached hydrogen (secondary N) is 1. The van der Waals surface area contributed by atoms with Crippen molar-refractivity contribution in [2.24, 2.45) is 0 Å². The minimum atomic E-state index is -4.68. The van der Waals surface area contributed by atoms with Gasteiger partial charge in [0, 0.05) is 5.69 Å². The van der Waals surface area contributed by atoms with Crippen molar-refractivity contribution in [2.45, 2.75) is 51.1 Å². The van der Waals surface area contributed by atoms with Crippen molar-refractivity contribution < 1.29 is 21.6 Å². The molecule has 8 heteroatoms. The molecule has 0 bridgehead atoms. The Bertz CT molecular complexity index is 954. The Morgan fingerprint density at radius 2 is 1.48 bits per heavy atom. The number of rotatable bonds is 3. The third-order valence-corrected chi connectivity index (χ3v) is 6.13. The lowest BCUT2D eigenvalue weighted by Crippen LogP contribution is -2.18. The predicted octanol–water partition coefficient (Wildman–Crippen LogP) is 6.07. The van der Waals surface area contributed by atoms with E-state index in [1.54, 1.807) is 26.0 Å². The number of benzene rings is 2. The van der Waals surface area contributed by atoms with Gasteiger partial charge in [-0.3, -0.25) is 4.72 Å². The first-order valence-corrected chi connectivity index (χ1v) is 10.0. The molecule has 27 heavy (non-hydrogen) atoms. The van der Waals surface area contributed by atoms with Gasteiger partial charge in [0.05, 0.1) is 15.5 Å². The van der Waals surface area contributed by atoms with Gasteiger partial charge in [-0.15, -0.1) is 0 Å². The minimum Gasteiger partial charge on any atom is -0.280 e. The molecular weight excluding hydrogens is 399 g/mol. The number of halogens is 4. The van der Waals surface area contributed by atoms with Gasteiger partial charge in [-0.2, -0.15) is 13.2 Å². The van der Waals surface area contributed by atoms with Crippen LogP contribution in [0.25, 0.3) is 0 Å². The molecular formula is C19H21ClF3NO2S. The van der Waals surface area contributed by atoms with E-state index in [1.807, 2.05) is 20.8 Å². The topological polar surface area (TPSA) is 46.2 Å². The molecule has 0 aliphatic carbocycles. The van der Waals surface area contributed by atoms with E-state index in [2.05, 4.69) is 4.72 Å². The molecule has 148 valence electrons. The van der Waals surface area contributed by atoms with Crippen LogP contribution in [0.15, 0.2) is 35.2 Å². The Morgan fingerprint density at radius 1 is 0.963 bits per heavy atom. The second-order valence-corrected chi connectivity index (χ2v) is 9.51. The fourth-order valence-corrected chi connectivity index (χ4v) is 4.55. The summed E-state index contributed by atoms with van der Waals surface area (Å²) in [6.45, 7) is 9.37. The molecule has 0 fully saturated rings. The van der Waals surface area contributed by atoms with Crippen molar-refractivity contribution in [1.29, 1.82) is 0 Å². The second kappa shape index (κ2) is 7.02. The van der Waals surface area contributed by atoms with Crippen LogP contribution in [0.2, 0.25) is 5.02 Å². The maximum atomic E-state index is 13.0. The average Bonchev–Trinajstić information content (AvgIpc) is 2.45. The van der Waals surface area contributed by atoms with E-state index in [-0.39, 0.29) is 16.0 Å². The number of anilines is 1. The highest BCUT2D eigenvalue weighted by molar-refractivity contribution is 7.92. The van der Waals surface area contributed by atoms with Gasteiger partial charge >= 0.3 is 6.18 Å². The maximum Gasteiger partial charge on any atom is 0.417 e. The normalized spacial score (nSPS) is 12.9. The van der Waals surface area contributed by atoms with Crippen molar-refractivity contribution in [3.8, 4) is 0 Å². The smallest absolute Gasteiger partial charge is 0.280 e. The van der Waals surface area contributed by atoms with Crippen LogP contribution in [-0.4, -0.2) is 8.42 Å². The second-order valence-electron chi connectivity index (χ2n) is 7.49. The molecule has 0 saturated heterocycles. The lowest BCUT2D eigenvalue weighted by Gasteiger charge is -2.22. The van der Waals surface area contributed by atoms with Crippen LogP contribution in [0.3, 0.4) is 0 Å². The molecule has 2 aromatic carbocycles. The predicted molar refractivity (Wildman–Crippen MR) is 102 cm³/mol. The van der Waals surface area contributed by atoms with Gasteiger partial charge in [-0.05, 0) is 54.2 Å². The zero-order chi connectivity index (χ0) is 20.8. The molecule has 0 heterocycles. The van der Waals surface area contributed by atoms with Gasteiger partial charge in [0.1, 0.15) is 0 Å². The summed E-state index contributed by atoms with van der Waals surface area (Å²) >= 11 is 5.58. The zero-order valence-electron chi connectivity index (χ0n) is 15.6. The van der Waals surface area contributed by atoms with Crippen LogP contribution in [0.5, 0.6) is 0 Å². The van der Waals surface area contributed by atoms with Gasteiger partial charge in [0.25, 0.3) is 10.0 Å². The van der Waals surface area contributed by atoms with Crippen molar-refractivity contribution in [3.63, 3.8) is 0 Å². The molecule has 0 aromatic heterocycles. The van der Waals surface area contributed by atoms with E-state index in [1.165, 1.54) is 6.07 Å². The Hall–Kier alpha value is -1.73. The van der Waals surface area contributed by atoms with Gasteiger partial charge in [-0.1, -0.05) is 44.5 Å². The number of hydrogen-bond acceptors (Lipinski definition) is 2. The van der Waals surface area contributed by atoms with Gasteiger partial charge in [-0.25, -0.2) is 8.42 Å². The fraction of sp³-hybridized carbons (Fsp3) is 0.368. The first-order chi connectivity index (χ1) is 12.1. The first kappa shape index (κ1) is 21.6. The number of sulfonamides is 1. The molecule has 2 rings (SSSR count). The molecule has 3 nitrogen and oxygen atoms in total. The lowest BCUT2D eigenvalue weighted by atomic mass is 9.85. The van der Waals surface area contributed by atoms with Crippen LogP contribution >= 0.6 is 11.6 Å². The highest BCUT2D eigenvalue weighted by Crippen LogP contribution is 2.37. The molecule has 2 aromatic rings. The number of hydrogen-bond donors (Lipinski definition) is 1. The van der Waals surface area contributed by atoms with E-state index in [4.69, 9.17) is 11.6 Å². The van der Waals surface area contributed by atoms with Crippen LogP contribution < -0.4 is 4.72 Å². The third-order valence-electron chi connectivity index (χ3n) is 4.12. The van der Waals surface area contributed by atoms with Gasteiger partial charge in [0.2, 0.25) is 0 Å². The monoisotopic (exact) mass is 419 g/mol. The summed E-state index contributed by atoms with van der Waals surface area (Å²) in [4.78, 5) is 0.0546. The molecule has 0 amide bonds. The van der Waals surface area contributed by atoms with E-state index in [0.717, 1.165) is 11.6 Å². The molecule has 0 aliphatic rings. The molecule has 0 radical (unpaired) electrons. The van der Waals surface area contributed by atoms with Crippen LogP contribution in [0, 0.1) is 13.8 Å². The summed E-state index contributed by atoms with van der Waals surface area (Å²) < 4.78 is 66.9. The van der Waals surface area contributed by atoms with E-state index >= 15 is 0 Å². The number of alkyl halides is 3. The van der Waals surface area contributed by atoms with Gasteiger partial charge < -0.3 is 0 Å². The summed E-state index contributed by atoms with van der Waals surface area (Å²) in [5.41, 5.74) is 0.562. The van der Waals surface area contributed by atoms with Crippen LogP contribution in [0.4, 0.5) is 18.9 Å². The van der Waals surface area contributed by atoms with E-state index in [0.29, 0.717) is 17.2 Å². The highest BCUT2D eigenvalue weighted by Gasteiger charge is 2.34. The summed E-state index contributed by atoms with van der Waals surface area (Å²) in [7, 11) is -4.07. The van der Waals surface area contributed by atoms with Crippen molar-refractivity contribution >= 4 is 27.3 Å². The SMILES string of the molecule is Cc1cc(C(C)(C)C)cc(C)c1S(=O)(=O)Nc1ccc(Cl)c(C(F)(F)F)c1. The van der Waals surface area contributed by atoms with E-state index in [9.17, 15) is 21.6 Å². The summed E-state index contributed by atoms with van der Waals surface area (Å²) in [5, 5.41) is -0.493. The van der Waals surface area contributed by atoms with Gasteiger partial charge in [0.15, 0.2) is 0 Å². The molecule has 0 aliphatic heterocycles. The maximum absolute atomic E-state index is 13.0. The van der Waals surface area contributed by atoms with Crippen molar-refractivity contribution in [1.82, 2.24) is 0 Å². The Labute approximate surface area is 162 Å². The highest BCUT2D eigenvalue weighted by atomic mass is 35.5. The molecule has 0 saturated carbocycles. The van der Waals surface area contributed by atoms with Crippen LogP contribution in [0.1, 0.15) is 43.0 Å². The van der Waals surface area contributed by atoms with E-state index < -0.39 is 26.8 Å². The quantitative estimate of drug-likeness (QED) is 0.655. The Kier molecular flexibility index (Phi) is 5.61. The lowest BCUT2D eigenvalue weighted by molar-refractivity contribution is -0.137. The number of aryl methyl sites for hydroxylation is 2. The standard InChI is InChI=1S/C19H21ClF3NO2S/c1-11-8-13(18(3,4)5)9-12(2)17(11)27(25,26)24-14-6-7-16(20)15(10-14)19(21,22)23/h6-10,24H,1-5H3. The molecule has 0 atom stereocenters. The largest absolute Gasteiger partial charge is 0.417 e. The molecule has 0 unspecified atom stereocenters. The van der Waals surface area contributed by atoms with Crippen molar-refractivity contribution in [2.75, 3.05) is 4.72 Å². The Morgan fingerprint density at radius 3 is 1.93 bits per heavy atom. The zero-order valence-corrected chi connectivity index (χ0v) is 17.2. The van der Waals surface area contributed by atoms with Crippen molar-refractivity contribution in [3.05, 3.63) is 57.6 Å².